The predicted molar refractivity (Wildman–Crippen MR) is 73.4 cm³/mol. The molecule has 1 atom stereocenters. The molecule has 0 saturated heterocycles. The highest BCUT2D eigenvalue weighted by molar-refractivity contribution is 9.18. The molecule has 96 valence electrons. The monoisotopic (exact) mass is 319 g/mol. The zero-order valence-electron chi connectivity index (χ0n) is 9.86. The highest BCUT2D eigenvalue weighted by atomic mass is 79.9. The zero-order valence-corrected chi connectivity index (χ0v) is 11.4. The van der Waals surface area contributed by atoms with Crippen molar-refractivity contribution in [1.82, 2.24) is 9.97 Å². The fourth-order valence-corrected chi connectivity index (χ4v) is 2.10. The normalized spacial score (nSPS) is 17.7. The Bertz CT molecular complexity index is 587. The number of benzene rings is 1. The summed E-state index contributed by atoms with van der Waals surface area (Å²) in [6, 6.07) is 9.69. The molecular formula is C13H10BrN3O2. The van der Waals surface area contributed by atoms with E-state index in [0.717, 1.165) is 16.6 Å². The largest absolute Gasteiger partial charge is 0.424 e. The van der Waals surface area contributed by atoms with Crippen LogP contribution in [0.3, 0.4) is 0 Å². The molecule has 0 spiro atoms. The molecule has 1 aromatic heterocycles. The minimum atomic E-state index is -0.0311. The van der Waals surface area contributed by atoms with E-state index in [-0.39, 0.29) is 6.10 Å². The smallest absolute Gasteiger partial charge is 0.321 e. The van der Waals surface area contributed by atoms with Gasteiger partial charge in [-0.1, -0.05) is 17.3 Å². The van der Waals surface area contributed by atoms with Gasteiger partial charge in [0, 0.05) is 18.8 Å². The van der Waals surface area contributed by atoms with Crippen molar-refractivity contribution < 1.29 is 9.57 Å². The Morgan fingerprint density at radius 2 is 1.89 bits per heavy atom. The van der Waals surface area contributed by atoms with Crippen molar-refractivity contribution in [3.05, 3.63) is 48.3 Å². The van der Waals surface area contributed by atoms with Gasteiger partial charge in [0.25, 0.3) is 0 Å². The average Bonchev–Trinajstić information content (AvgIpc) is 2.87. The average molecular weight is 320 g/mol. The van der Waals surface area contributed by atoms with Crippen LogP contribution in [-0.2, 0) is 4.84 Å². The van der Waals surface area contributed by atoms with Crippen molar-refractivity contribution in [2.24, 2.45) is 5.16 Å². The van der Waals surface area contributed by atoms with Crippen LogP contribution < -0.4 is 4.74 Å². The Morgan fingerprint density at radius 1 is 1.16 bits per heavy atom. The highest BCUT2D eigenvalue weighted by Crippen LogP contribution is 2.30. The van der Waals surface area contributed by atoms with Crippen LogP contribution in [0.5, 0.6) is 11.8 Å². The van der Waals surface area contributed by atoms with E-state index in [1.807, 2.05) is 24.3 Å². The minimum absolute atomic E-state index is 0.0311. The number of rotatable bonds is 3. The molecule has 0 saturated carbocycles. The first-order valence-electron chi connectivity index (χ1n) is 5.74. The van der Waals surface area contributed by atoms with Crippen LogP contribution in [-0.4, -0.2) is 14.6 Å². The summed E-state index contributed by atoms with van der Waals surface area (Å²) in [4.78, 5) is 13.3. The molecule has 1 aliphatic heterocycles. The van der Waals surface area contributed by atoms with E-state index in [2.05, 4.69) is 31.1 Å². The van der Waals surface area contributed by atoms with E-state index in [9.17, 15) is 0 Å². The van der Waals surface area contributed by atoms with E-state index >= 15 is 0 Å². The van der Waals surface area contributed by atoms with Crippen molar-refractivity contribution >= 4 is 20.6 Å². The van der Waals surface area contributed by atoms with Gasteiger partial charge < -0.3 is 9.57 Å². The third-order valence-corrected chi connectivity index (χ3v) is 3.10. The highest BCUT2D eigenvalue weighted by Gasteiger charge is 2.21. The number of oxime groups is 1. The van der Waals surface area contributed by atoms with Crippen LogP contribution in [0.4, 0.5) is 0 Å². The molecular weight excluding hydrogens is 310 g/mol. The van der Waals surface area contributed by atoms with Crippen LogP contribution in [0.25, 0.3) is 0 Å². The molecule has 0 radical (unpaired) electrons. The van der Waals surface area contributed by atoms with Crippen LogP contribution >= 0.6 is 15.9 Å². The zero-order chi connectivity index (χ0) is 13.1. The van der Waals surface area contributed by atoms with Gasteiger partial charge in [0.1, 0.15) is 10.4 Å². The van der Waals surface area contributed by atoms with E-state index < -0.39 is 0 Å². The van der Waals surface area contributed by atoms with Gasteiger partial charge in [-0.25, -0.2) is 9.97 Å². The molecule has 0 aliphatic carbocycles. The second kappa shape index (κ2) is 5.36. The first kappa shape index (κ1) is 12.1. The number of hydrogen-bond donors (Lipinski definition) is 0. The maximum Gasteiger partial charge on any atom is 0.321 e. The number of halogens is 1. The van der Waals surface area contributed by atoms with Crippen LogP contribution in [0.1, 0.15) is 18.1 Å². The van der Waals surface area contributed by atoms with Crippen molar-refractivity contribution in [2.45, 2.75) is 12.5 Å². The summed E-state index contributed by atoms with van der Waals surface area (Å²) in [6.45, 7) is 0. The lowest BCUT2D eigenvalue weighted by Gasteiger charge is -2.09. The third-order valence-electron chi connectivity index (χ3n) is 2.64. The third kappa shape index (κ3) is 2.90. The first-order chi connectivity index (χ1) is 9.31. The van der Waals surface area contributed by atoms with Crippen LogP contribution in [0.15, 0.2) is 47.9 Å². The van der Waals surface area contributed by atoms with Gasteiger partial charge in [0.15, 0.2) is 6.10 Å². The number of aromatic nitrogens is 2. The molecule has 0 bridgehead atoms. The topological polar surface area (TPSA) is 56.6 Å². The first-order valence-corrected chi connectivity index (χ1v) is 6.53. The van der Waals surface area contributed by atoms with Gasteiger partial charge in [-0.15, -0.1) is 0 Å². The standard InChI is InChI=1S/C13H10BrN3O2/c14-12-8-11(19-17-12)9-2-4-10(5-3-9)18-13-15-6-1-7-16-13/h1-7,11H,8H2/t11-/m0/s1. The van der Waals surface area contributed by atoms with Crippen LogP contribution in [0, 0.1) is 0 Å². The molecule has 0 amide bonds. The molecule has 5 nitrogen and oxygen atoms in total. The van der Waals surface area contributed by atoms with Crippen molar-refractivity contribution in [3.8, 4) is 11.8 Å². The lowest BCUT2D eigenvalue weighted by atomic mass is 10.1. The maximum atomic E-state index is 5.52. The van der Waals surface area contributed by atoms with Crippen LogP contribution in [0.2, 0.25) is 0 Å². The summed E-state index contributed by atoms with van der Waals surface area (Å²) >= 11 is 3.32. The Hall–Kier alpha value is -1.95. The number of nitrogens with zero attached hydrogens (tertiary/aromatic N) is 3. The molecule has 1 aliphatic rings. The summed E-state index contributed by atoms with van der Waals surface area (Å²) in [5.74, 6) is 0.688. The van der Waals surface area contributed by atoms with E-state index in [4.69, 9.17) is 9.57 Å². The van der Waals surface area contributed by atoms with Gasteiger partial charge in [0.2, 0.25) is 0 Å². The van der Waals surface area contributed by atoms with Gasteiger partial charge in [-0.3, -0.25) is 0 Å². The SMILES string of the molecule is BrC1=NO[C@H](c2ccc(Oc3ncccn3)cc2)C1. The predicted octanol–water partition coefficient (Wildman–Crippen LogP) is 3.44. The summed E-state index contributed by atoms with van der Waals surface area (Å²) in [6.07, 6.45) is 3.99. The summed E-state index contributed by atoms with van der Waals surface area (Å²) < 4.78 is 6.35. The minimum Gasteiger partial charge on any atom is -0.424 e. The molecule has 0 N–H and O–H groups in total. The Morgan fingerprint density at radius 3 is 2.53 bits per heavy atom. The fourth-order valence-electron chi connectivity index (χ4n) is 1.72. The number of hydrogen-bond acceptors (Lipinski definition) is 5. The molecule has 2 aromatic rings. The van der Waals surface area contributed by atoms with Gasteiger partial charge in [0.05, 0.1) is 0 Å². The Kier molecular flexibility index (Phi) is 3.41. The quantitative estimate of drug-likeness (QED) is 0.869. The molecule has 2 heterocycles. The second-order valence-electron chi connectivity index (χ2n) is 3.97. The van der Waals surface area contributed by atoms with Gasteiger partial charge >= 0.3 is 6.01 Å². The summed E-state index contributed by atoms with van der Waals surface area (Å²) in [5.41, 5.74) is 1.06. The maximum absolute atomic E-state index is 5.52. The Balaban J connectivity index is 1.69. The molecule has 3 rings (SSSR count). The molecule has 0 unspecified atom stereocenters. The molecule has 19 heavy (non-hydrogen) atoms. The van der Waals surface area contributed by atoms with E-state index in [1.54, 1.807) is 18.5 Å². The van der Waals surface area contributed by atoms with E-state index in [0.29, 0.717) is 11.8 Å². The molecule has 0 fully saturated rings. The van der Waals surface area contributed by atoms with E-state index in [1.165, 1.54) is 0 Å². The van der Waals surface area contributed by atoms with Crippen molar-refractivity contribution in [2.75, 3.05) is 0 Å². The molecule has 1 aromatic carbocycles. The summed E-state index contributed by atoms with van der Waals surface area (Å²) in [5, 5.41) is 3.87. The van der Waals surface area contributed by atoms with Gasteiger partial charge in [-0.05, 0) is 39.7 Å². The lowest BCUT2D eigenvalue weighted by Crippen LogP contribution is -1.97. The number of ether oxygens (including phenoxy) is 1. The summed E-state index contributed by atoms with van der Waals surface area (Å²) in [7, 11) is 0. The lowest BCUT2D eigenvalue weighted by molar-refractivity contribution is 0.0857. The fraction of sp³-hybridized carbons (Fsp3) is 0.154. The Labute approximate surface area is 118 Å². The molecule has 6 heteroatoms. The second-order valence-corrected chi connectivity index (χ2v) is 4.88. The van der Waals surface area contributed by atoms with Gasteiger partial charge in [-0.2, -0.15) is 0 Å². The van der Waals surface area contributed by atoms with Crippen molar-refractivity contribution in [1.29, 1.82) is 0 Å². The van der Waals surface area contributed by atoms with Crippen molar-refractivity contribution in [3.63, 3.8) is 0 Å².